The smallest absolute Gasteiger partial charge is 0.306 e. The molecule has 78 heavy (non-hydrogen) atoms. The summed E-state index contributed by atoms with van der Waals surface area (Å²) in [6, 6.07) is 0. The molecule has 2 heterocycles. The first kappa shape index (κ1) is 72.3. The van der Waals surface area contributed by atoms with Gasteiger partial charge in [-0.15, -0.1) is 0 Å². The van der Waals surface area contributed by atoms with Crippen LogP contribution in [0, 0.1) is 0 Å². The molecular formula is C64H118O14. The predicted octanol–water partition coefficient (Wildman–Crippen LogP) is 12.5. The Hall–Kier alpha value is -1.79. The van der Waals surface area contributed by atoms with E-state index in [0.29, 0.717) is 13.0 Å². The second kappa shape index (κ2) is 50.9. The molecule has 2 rings (SSSR count). The molecule has 0 spiro atoms. The number of carbonyl (C=O) groups excluding carboxylic acids is 1. The first-order valence-corrected chi connectivity index (χ1v) is 32.1. The lowest BCUT2D eigenvalue weighted by atomic mass is 9.98. The number of hydrogen-bond acceptors (Lipinski definition) is 14. The second-order valence-electron chi connectivity index (χ2n) is 22.6. The molecule has 11 unspecified atom stereocenters. The molecule has 0 saturated carbocycles. The Morgan fingerprint density at radius 1 is 0.423 bits per heavy atom. The molecular weight excluding hydrogens is 993 g/mol. The molecule has 2 saturated heterocycles. The molecule has 0 amide bonds. The van der Waals surface area contributed by atoms with Crippen LogP contribution in [0.25, 0.3) is 0 Å². The Kier molecular flexibility index (Phi) is 47.2. The summed E-state index contributed by atoms with van der Waals surface area (Å²) in [5, 5.41) is 72.5. The zero-order valence-electron chi connectivity index (χ0n) is 49.4. The maximum Gasteiger partial charge on any atom is 0.306 e. The van der Waals surface area contributed by atoms with Crippen molar-refractivity contribution in [2.24, 2.45) is 0 Å². The molecule has 0 radical (unpaired) electrons. The monoisotopic (exact) mass is 1110 g/mol. The van der Waals surface area contributed by atoms with Crippen molar-refractivity contribution < 1.29 is 69.0 Å². The van der Waals surface area contributed by atoms with Gasteiger partial charge in [-0.1, -0.05) is 243 Å². The number of rotatable bonds is 53. The van der Waals surface area contributed by atoms with Crippen LogP contribution >= 0.6 is 0 Å². The average molecular weight is 1110 g/mol. The molecule has 2 fully saturated rings. The van der Waals surface area contributed by atoms with E-state index in [2.05, 4.69) is 50.3 Å². The van der Waals surface area contributed by atoms with Gasteiger partial charge in [0.1, 0.15) is 54.9 Å². The number of hydrogen-bond donors (Lipinski definition) is 7. The van der Waals surface area contributed by atoms with E-state index in [4.69, 9.17) is 28.4 Å². The van der Waals surface area contributed by atoms with Gasteiger partial charge in [-0.25, -0.2) is 0 Å². The lowest BCUT2D eigenvalue weighted by molar-refractivity contribution is -0.332. The van der Waals surface area contributed by atoms with E-state index < -0.39 is 80.7 Å². The van der Waals surface area contributed by atoms with Crippen molar-refractivity contribution in [2.45, 2.75) is 332 Å². The van der Waals surface area contributed by atoms with Crippen molar-refractivity contribution in [2.75, 3.05) is 33.0 Å². The van der Waals surface area contributed by atoms with Crippen LogP contribution in [-0.4, -0.2) is 142 Å². The number of aliphatic hydroxyl groups is 7. The van der Waals surface area contributed by atoms with Crippen molar-refractivity contribution in [3.8, 4) is 0 Å². The SMILES string of the molecule is CCCCCCC/C=C\C/C=C\C/C=C\CCCCCCCCCCCOCC(COC1OC(COC2OC(CO)C(O)C(O)C2O)C(O)C(O)C1O)OC(=O)CCCCCCCCCCCCCCCCCCCCCC. The van der Waals surface area contributed by atoms with Crippen molar-refractivity contribution in [3.05, 3.63) is 36.5 Å². The van der Waals surface area contributed by atoms with Crippen molar-refractivity contribution in [1.29, 1.82) is 0 Å². The maximum atomic E-state index is 13.1. The Morgan fingerprint density at radius 3 is 1.24 bits per heavy atom. The summed E-state index contributed by atoms with van der Waals surface area (Å²) in [4.78, 5) is 13.1. The van der Waals surface area contributed by atoms with Gasteiger partial charge in [0.2, 0.25) is 0 Å². The molecule has 0 aromatic rings. The minimum absolute atomic E-state index is 0.0610. The molecule has 14 nitrogen and oxygen atoms in total. The van der Waals surface area contributed by atoms with E-state index in [1.165, 1.54) is 180 Å². The Morgan fingerprint density at radius 2 is 0.795 bits per heavy atom. The van der Waals surface area contributed by atoms with Gasteiger partial charge < -0.3 is 64.2 Å². The number of unbranched alkanes of at least 4 members (excludes halogenated alkanes) is 33. The van der Waals surface area contributed by atoms with Crippen molar-refractivity contribution >= 4 is 5.97 Å². The molecule has 11 atom stereocenters. The van der Waals surface area contributed by atoms with Crippen molar-refractivity contribution in [1.82, 2.24) is 0 Å². The Labute approximate surface area is 474 Å². The van der Waals surface area contributed by atoms with Gasteiger partial charge in [-0.2, -0.15) is 0 Å². The third-order valence-corrected chi connectivity index (χ3v) is 15.4. The topological polar surface area (TPSA) is 214 Å². The summed E-state index contributed by atoms with van der Waals surface area (Å²) in [5.41, 5.74) is 0. The molecule has 0 aliphatic carbocycles. The molecule has 458 valence electrons. The Balaban J connectivity index is 1.68. The lowest BCUT2D eigenvalue weighted by Gasteiger charge is -2.42. The third-order valence-electron chi connectivity index (χ3n) is 15.4. The quantitative estimate of drug-likeness (QED) is 0.0172. The van der Waals surface area contributed by atoms with Crippen LogP contribution in [-0.2, 0) is 33.2 Å². The highest BCUT2D eigenvalue weighted by molar-refractivity contribution is 5.69. The fourth-order valence-corrected chi connectivity index (χ4v) is 10.2. The normalized spacial score (nSPS) is 24.3. The fourth-order valence-electron chi connectivity index (χ4n) is 10.2. The fraction of sp³-hybridized carbons (Fsp3) is 0.891. The zero-order chi connectivity index (χ0) is 56.5. The average Bonchev–Trinajstić information content (AvgIpc) is 3.45. The highest BCUT2D eigenvalue weighted by atomic mass is 16.7. The van der Waals surface area contributed by atoms with E-state index >= 15 is 0 Å². The molecule has 7 N–H and O–H groups in total. The van der Waals surface area contributed by atoms with Gasteiger partial charge in [0.25, 0.3) is 0 Å². The molecule has 2 aliphatic heterocycles. The van der Waals surface area contributed by atoms with E-state index in [0.717, 1.165) is 57.8 Å². The lowest BCUT2D eigenvalue weighted by Crippen LogP contribution is -2.61. The first-order chi connectivity index (χ1) is 38.1. The molecule has 0 aromatic heterocycles. The van der Waals surface area contributed by atoms with Crippen LogP contribution in [0.15, 0.2) is 36.5 Å². The minimum Gasteiger partial charge on any atom is -0.457 e. The van der Waals surface area contributed by atoms with Crippen LogP contribution in [0.2, 0.25) is 0 Å². The van der Waals surface area contributed by atoms with E-state index in [-0.39, 0.29) is 25.6 Å². The standard InChI is InChI=1S/C64H118O14/c1-3-5-7-9-11-13-15-17-19-21-23-25-26-27-28-30-32-34-36-38-40-42-44-46-48-73-50-53(76-56(66)47-45-43-41-39-37-35-33-31-29-24-22-20-18-16-14-12-10-8-6-4-2)51-74-63-62(72)60(70)58(68)55(78-63)52-75-64-61(71)59(69)57(67)54(49-65)77-64/h15,17,21,23,26-27,53-55,57-65,67-72H,3-14,16,18-20,22,24-25,28-52H2,1-2H3/b17-15-,23-21-,27-26-. The van der Waals surface area contributed by atoms with Gasteiger partial charge in [0.15, 0.2) is 12.6 Å². The summed E-state index contributed by atoms with van der Waals surface area (Å²) in [6.07, 6.45) is 44.9. The van der Waals surface area contributed by atoms with Gasteiger partial charge >= 0.3 is 5.97 Å². The predicted molar refractivity (Wildman–Crippen MR) is 312 cm³/mol. The van der Waals surface area contributed by atoms with Crippen LogP contribution < -0.4 is 0 Å². The maximum absolute atomic E-state index is 13.1. The molecule has 0 aromatic carbocycles. The number of aliphatic hydroxyl groups excluding tert-OH is 7. The second-order valence-corrected chi connectivity index (χ2v) is 22.6. The van der Waals surface area contributed by atoms with Crippen LogP contribution in [0.3, 0.4) is 0 Å². The first-order valence-electron chi connectivity index (χ1n) is 32.1. The number of ether oxygens (including phenoxy) is 6. The van der Waals surface area contributed by atoms with Gasteiger partial charge in [0.05, 0.1) is 26.4 Å². The van der Waals surface area contributed by atoms with Crippen LogP contribution in [0.5, 0.6) is 0 Å². The van der Waals surface area contributed by atoms with E-state index in [9.17, 15) is 40.5 Å². The summed E-state index contributed by atoms with van der Waals surface area (Å²) >= 11 is 0. The summed E-state index contributed by atoms with van der Waals surface area (Å²) in [5.74, 6) is -0.372. The van der Waals surface area contributed by atoms with Crippen molar-refractivity contribution in [3.63, 3.8) is 0 Å². The van der Waals surface area contributed by atoms with Gasteiger partial charge in [-0.05, 0) is 51.4 Å². The van der Waals surface area contributed by atoms with E-state index in [1.54, 1.807) is 0 Å². The minimum atomic E-state index is -1.71. The number of esters is 1. The molecule has 2 aliphatic rings. The van der Waals surface area contributed by atoms with Crippen LogP contribution in [0.1, 0.15) is 264 Å². The molecule has 14 heteroatoms. The summed E-state index contributed by atoms with van der Waals surface area (Å²) in [6.45, 7) is 3.72. The number of allylic oxidation sites excluding steroid dienone is 6. The Bertz CT molecular complexity index is 1430. The highest BCUT2D eigenvalue weighted by Gasteiger charge is 2.47. The zero-order valence-corrected chi connectivity index (χ0v) is 49.4. The van der Waals surface area contributed by atoms with E-state index in [1.807, 2.05) is 0 Å². The summed E-state index contributed by atoms with van der Waals surface area (Å²) in [7, 11) is 0. The van der Waals surface area contributed by atoms with Crippen LogP contribution in [0.4, 0.5) is 0 Å². The third kappa shape index (κ3) is 36.6. The highest BCUT2D eigenvalue weighted by Crippen LogP contribution is 2.27. The van der Waals surface area contributed by atoms with Gasteiger partial charge in [0, 0.05) is 13.0 Å². The summed E-state index contributed by atoms with van der Waals surface area (Å²) < 4.78 is 34.5. The van der Waals surface area contributed by atoms with Gasteiger partial charge in [-0.3, -0.25) is 4.79 Å². The molecule has 0 bridgehead atoms. The number of carbonyl (C=O) groups is 1. The largest absolute Gasteiger partial charge is 0.457 e.